The van der Waals surface area contributed by atoms with E-state index in [0.717, 1.165) is 119 Å². The second kappa shape index (κ2) is 33.9. The van der Waals surface area contributed by atoms with Crippen molar-refractivity contribution in [1.82, 2.24) is 25.3 Å². The summed E-state index contributed by atoms with van der Waals surface area (Å²) in [6.07, 6.45) is 21.9. The van der Waals surface area contributed by atoms with E-state index in [1.807, 2.05) is 60.7 Å². The maximum Gasteiger partial charge on any atom is 0.407 e. The van der Waals surface area contributed by atoms with Gasteiger partial charge in [0.25, 0.3) is 0 Å². The lowest BCUT2D eigenvalue weighted by Crippen LogP contribution is -2.41. The summed E-state index contributed by atoms with van der Waals surface area (Å²) in [6, 6.07) is 21.7. The molecule has 0 unspecified atom stereocenters. The molecule has 18 nitrogen and oxygen atoms in total. The number of carbonyl (C=O) groups excluding carboxylic acids is 5. The average Bonchev–Trinajstić information content (AvgIpc) is 4.16. The second-order valence-electron chi connectivity index (χ2n) is 21.7. The van der Waals surface area contributed by atoms with E-state index >= 15 is 0 Å². The van der Waals surface area contributed by atoms with E-state index in [-0.39, 0.29) is 47.8 Å². The predicted octanol–water partition coefficient (Wildman–Crippen LogP) is 11.1. The molecule has 0 spiro atoms. The number of alkyl carbamates (subject to hydrolysis) is 1. The molecule has 81 heavy (non-hydrogen) atoms. The quantitative estimate of drug-likeness (QED) is 0.0454. The van der Waals surface area contributed by atoms with Crippen LogP contribution in [0.15, 0.2) is 85.3 Å². The SMILES string of the molecule is COC(=O)C[C@@H]1CCC[C@H](CC(=O)OCc2ccccc2)C1.COC(=O)C[C@@H]1CCC[C@H](N)C1.COC(=O)N[C@@H]1CCC[C@H](Nc2nc(-c3c[nH]c4ncc(Cl)cc34)ncc2F)C1.N[C@@H]1CCC[C@H](CC(=O)OCc2ccccc2)C1. The Bertz CT molecular complexity index is 2740. The van der Waals surface area contributed by atoms with Crippen molar-refractivity contribution in [1.29, 1.82) is 0 Å². The molecular formula is C61H82ClFN8O10. The number of esters is 4. The van der Waals surface area contributed by atoms with E-state index in [9.17, 15) is 28.4 Å². The summed E-state index contributed by atoms with van der Waals surface area (Å²) in [5.41, 5.74) is 15.1. The van der Waals surface area contributed by atoms with Crippen LogP contribution in [0.5, 0.6) is 0 Å². The molecule has 0 saturated heterocycles. The minimum absolute atomic E-state index is 0.0257. The van der Waals surface area contributed by atoms with Gasteiger partial charge in [-0.2, -0.15) is 0 Å². The van der Waals surface area contributed by atoms with Gasteiger partial charge >= 0.3 is 30.0 Å². The smallest absolute Gasteiger partial charge is 0.407 e. The first-order valence-corrected chi connectivity index (χ1v) is 28.8. The normalized spacial score (nSPS) is 22.3. The number of aromatic nitrogens is 4. The summed E-state index contributed by atoms with van der Waals surface area (Å²) >= 11 is 6.05. The van der Waals surface area contributed by atoms with Crippen molar-refractivity contribution in [2.45, 2.75) is 166 Å². The molecule has 0 bridgehead atoms. The number of halogens is 2. The Morgan fingerprint density at radius 3 is 1.63 bits per heavy atom. The number of aromatic amines is 1. The second-order valence-corrected chi connectivity index (χ2v) is 22.2. The number of fused-ring (bicyclic) bond motifs is 1. The Morgan fingerprint density at radius 1 is 0.617 bits per heavy atom. The Labute approximate surface area is 480 Å². The molecule has 2 aromatic carbocycles. The van der Waals surface area contributed by atoms with Gasteiger partial charge in [0.2, 0.25) is 0 Å². The molecule has 9 rings (SSSR count). The van der Waals surface area contributed by atoms with Crippen LogP contribution in [-0.2, 0) is 56.1 Å². The number of nitrogens with one attached hydrogen (secondary N) is 3. The third-order valence-electron chi connectivity index (χ3n) is 15.3. The number of ether oxygens (including phenoxy) is 5. The van der Waals surface area contributed by atoms with E-state index in [1.54, 1.807) is 18.5 Å². The molecule has 1 amide bonds. The van der Waals surface area contributed by atoms with Gasteiger partial charge in [-0.1, -0.05) is 91.5 Å². The molecule has 0 radical (unpaired) electrons. The molecule has 3 heterocycles. The van der Waals surface area contributed by atoms with Gasteiger partial charge in [0.05, 0.1) is 32.5 Å². The Balaban J connectivity index is 0.000000182. The third kappa shape index (κ3) is 22.6. The van der Waals surface area contributed by atoms with Crippen LogP contribution in [0.1, 0.15) is 140 Å². The lowest BCUT2D eigenvalue weighted by Gasteiger charge is -2.30. The highest BCUT2D eigenvalue weighted by Crippen LogP contribution is 2.34. The molecule has 8 atom stereocenters. The van der Waals surface area contributed by atoms with Crippen LogP contribution in [0.3, 0.4) is 0 Å². The summed E-state index contributed by atoms with van der Waals surface area (Å²) in [5.74, 6) is 0.995. The lowest BCUT2D eigenvalue weighted by molar-refractivity contribution is -0.147. The van der Waals surface area contributed by atoms with Crippen molar-refractivity contribution in [3.05, 3.63) is 107 Å². The zero-order valence-electron chi connectivity index (χ0n) is 47.1. The minimum Gasteiger partial charge on any atom is -0.469 e. The maximum atomic E-state index is 14.4. The molecule has 4 aliphatic carbocycles. The minimum atomic E-state index is -0.534. The molecule has 5 aromatic rings. The summed E-state index contributed by atoms with van der Waals surface area (Å²) < 4.78 is 39.0. The summed E-state index contributed by atoms with van der Waals surface area (Å²) in [7, 11) is 4.19. The number of amides is 1. The molecule has 3 aromatic heterocycles. The third-order valence-corrected chi connectivity index (χ3v) is 15.5. The highest BCUT2D eigenvalue weighted by Gasteiger charge is 2.28. The highest BCUT2D eigenvalue weighted by molar-refractivity contribution is 6.31. The van der Waals surface area contributed by atoms with Gasteiger partial charge < -0.3 is 50.8 Å². The fourth-order valence-corrected chi connectivity index (χ4v) is 11.3. The number of pyridine rings is 1. The van der Waals surface area contributed by atoms with Crippen LogP contribution < -0.4 is 22.1 Å². The zero-order valence-corrected chi connectivity index (χ0v) is 47.8. The van der Waals surface area contributed by atoms with Gasteiger partial charge in [0.15, 0.2) is 17.5 Å². The van der Waals surface area contributed by atoms with Crippen molar-refractivity contribution < 1.29 is 52.0 Å². The Kier molecular flexibility index (Phi) is 26.6. The number of hydrogen-bond donors (Lipinski definition) is 5. The number of hydrogen-bond acceptors (Lipinski definition) is 16. The van der Waals surface area contributed by atoms with Crippen LogP contribution in [0.2, 0.25) is 5.02 Å². The largest absolute Gasteiger partial charge is 0.469 e. The molecule has 4 saturated carbocycles. The Morgan fingerprint density at radius 2 is 1.11 bits per heavy atom. The first-order valence-electron chi connectivity index (χ1n) is 28.5. The van der Waals surface area contributed by atoms with Crippen molar-refractivity contribution in [2.75, 3.05) is 26.6 Å². The van der Waals surface area contributed by atoms with Gasteiger partial charge in [-0.3, -0.25) is 19.2 Å². The number of nitrogens with two attached hydrogens (primary N) is 2. The van der Waals surface area contributed by atoms with Crippen LogP contribution in [0, 0.1) is 29.5 Å². The first kappa shape index (κ1) is 63.5. The summed E-state index contributed by atoms with van der Waals surface area (Å²) in [6.45, 7) is 0.705. The van der Waals surface area contributed by atoms with Crippen LogP contribution in [0.25, 0.3) is 22.4 Å². The van der Waals surface area contributed by atoms with E-state index in [0.29, 0.717) is 97.1 Å². The average molecular weight is 1140 g/mol. The molecule has 440 valence electrons. The van der Waals surface area contributed by atoms with E-state index in [2.05, 4.69) is 40.0 Å². The van der Waals surface area contributed by atoms with E-state index < -0.39 is 11.9 Å². The van der Waals surface area contributed by atoms with Gasteiger partial charge in [0.1, 0.15) is 18.9 Å². The van der Waals surface area contributed by atoms with Crippen LogP contribution >= 0.6 is 11.6 Å². The number of rotatable bonds is 16. The van der Waals surface area contributed by atoms with Crippen molar-refractivity contribution in [3.8, 4) is 11.4 Å². The molecule has 7 N–H and O–H groups in total. The number of methoxy groups -OCH3 is 3. The van der Waals surface area contributed by atoms with Crippen molar-refractivity contribution in [2.24, 2.45) is 35.1 Å². The predicted molar refractivity (Wildman–Crippen MR) is 308 cm³/mol. The fourth-order valence-electron chi connectivity index (χ4n) is 11.1. The maximum absolute atomic E-state index is 14.4. The number of carbonyl (C=O) groups is 5. The van der Waals surface area contributed by atoms with Gasteiger partial charge in [0, 0.05) is 73.2 Å². The van der Waals surface area contributed by atoms with Crippen LogP contribution in [0.4, 0.5) is 15.0 Å². The van der Waals surface area contributed by atoms with Gasteiger partial charge in [-0.05, 0) is 124 Å². The first-order chi connectivity index (χ1) is 39.2. The van der Waals surface area contributed by atoms with Gasteiger partial charge in [-0.25, -0.2) is 24.1 Å². The number of anilines is 1. The summed E-state index contributed by atoms with van der Waals surface area (Å²) in [5, 5.41) is 7.22. The topological polar surface area (TPSA) is 262 Å². The Hall–Kier alpha value is -6.70. The van der Waals surface area contributed by atoms with Crippen LogP contribution in [-0.4, -0.2) is 95.4 Å². The zero-order chi connectivity index (χ0) is 57.9. The number of H-pyrrole nitrogens is 1. The summed E-state index contributed by atoms with van der Waals surface area (Å²) in [4.78, 5) is 73.2. The molecule has 0 aliphatic heterocycles. The standard InChI is InChI=1S/C19H20ClFN6O2.C18H24O4.C15H21NO2.C9H17NO2/c1-29-19(28)26-12-4-2-3-11(6-12)25-18-15(21)9-24-17(27-18)14-8-23-16-13(14)5-10(20)7-22-16;1-21-17(19)11-15-8-5-9-16(10-15)12-18(20)22-13-14-6-3-2-4-7-14;16-14-8-4-7-13(9-14)10-15(17)18-11-12-5-2-1-3-6-12;1-12-9(11)6-7-3-2-4-8(10)5-7/h5,7-9,11-12H,2-4,6H2,1H3,(H,22,23)(H,26,28)(H,24,25,27);2-4,6-7,15-16H,5,8-13H2,1H3;1-3,5-6,13-14H,4,7-11,16H2;7-8H,2-6,10H2,1H3/t11-,12+;15-,16+;13-,14+;7-,8+/m0101/s1. The van der Waals surface area contributed by atoms with Crippen molar-refractivity contribution >= 4 is 58.4 Å². The molecule has 4 fully saturated rings. The molecule has 20 heteroatoms. The number of nitrogens with zero attached hydrogens (tertiary/aromatic N) is 3. The van der Waals surface area contributed by atoms with Gasteiger partial charge in [-0.15, -0.1) is 0 Å². The van der Waals surface area contributed by atoms with E-state index in [4.69, 9.17) is 37.3 Å². The monoisotopic (exact) mass is 1140 g/mol. The lowest BCUT2D eigenvalue weighted by atomic mass is 9.78. The van der Waals surface area contributed by atoms with Crippen molar-refractivity contribution in [3.63, 3.8) is 0 Å². The molecule has 4 aliphatic rings. The number of benzene rings is 2. The fraction of sp³-hybridized carbons (Fsp3) is 0.541. The molecular weight excluding hydrogens is 1060 g/mol. The highest BCUT2D eigenvalue weighted by atomic mass is 35.5. The van der Waals surface area contributed by atoms with E-state index in [1.165, 1.54) is 21.3 Å².